The molecule has 0 heterocycles. The maximum absolute atomic E-state index is 12.0. The highest BCUT2D eigenvalue weighted by molar-refractivity contribution is 5.95. The molecule has 0 aliphatic heterocycles. The fraction of sp³-hybridized carbons (Fsp3) is 0.467. The maximum atomic E-state index is 12.0. The number of anilines is 1. The molecule has 20 heavy (non-hydrogen) atoms. The molecule has 0 saturated heterocycles. The number of benzene rings is 1. The minimum Gasteiger partial charge on any atom is -0.450 e. The highest BCUT2D eigenvalue weighted by atomic mass is 16.5. The Morgan fingerprint density at radius 2 is 1.85 bits per heavy atom. The Hall–Kier alpha value is -2.04. The lowest BCUT2D eigenvalue weighted by molar-refractivity contribution is 0.0938. The number of rotatable bonds is 4. The molecule has 108 valence electrons. The zero-order valence-electron chi connectivity index (χ0n) is 11.6. The predicted octanol–water partition coefficient (Wildman–Crippen LogP) is 2.93. The summed E-state index contributed by atoms with van der Waals surface area (Å²) in [5.74, 6) is -0.0559. The van der Waals surface area contributed by atoms with Gasteiger partial charge in [0, 0.05) is 17.3 Å². The van der Waals surface area contributed by atoms with Gasteiger partial charge in [0.05, 0.1) is 6.61 Å². The monoisotopic (exact) mass is 276 g/mol. The Bertz CT molecular complexity index is 465. The number of nitrogens with one attached hydrogen (secondary N) is 2. The quantitative estimate of drug-likeness (QED) is 0.888. The van der Waals surface area contributed by atoms with Crippen LogP contribution in [-0.4, -0.2) is 24.6 Å². The summed E-state index contributed by atoms with van der Waals surface area (Å²) in [4.78, 5) is 23.3. The van der Waals surface area contributed by atoms with Crippen LogP contribution in [0.1, 0.15) is 43.0 Å². The third-order valence-corrected chi connectivity index (χ3v) is 3.36. The van der Waals surface area contributed by atoms with Crippen LogP contribution in [-0.2, 0) is 4.74 Å². The molecular weight excluding hydrogens is 256 g/mol. The molecule has 1 fully saturated rings. The van der Waals surface area contributed by atoms with E-state index in [2.05, 4.69) is 10.6 Å². The van der Waals surface area contributed by atoms with E-state index in [-0.39, 0.29) is 5.91 Å². The van der Waals surface area contributed by atoms with E-state index in [1.807, 2.05) is 0 Å². The molecule has 1 aliphatic carbocycles. The van der Waals surface area contributed by atoms with E-state index < -0.39 is 6.09 Å². The van der Waals surface area contributed by atoms with Gasteiger partial charge in [0.2, 0.25) is 0 Å². The third kappa shape index (κ3) is 3.98. The highest BCUT2D eigenvalue weighted by Crippen LogP contribution is 2.18. The minimum atomic E-state index is -0.490. The standard InChI is InChI=1S/C15H20N2O3/c1-2-20-15(19)17-13-9-7-11(8-10-13)14(18)16-12-5-3-4-6-12/h7-10,12H,2-6H2,1H3,(H,16,18)(H,17,19). The molecule has 5 nitrogen and oxygen atoms in total. The largest absolute Gasteiger partial charge is 0.450 e. The van der Waals surface area contributed by atoms with Gasteiger partial charge < -0.3 is 10.1 Å². The number of amides is 2. The van der Waals surface area contributed by atoms with Crippen molar-refractivity contribution in [2.45, 2.75) is 38.6 Å². The Kier molecular flexibility index (Phi) is 4.98. The molecule has 0 spiro atoms. The maximum Gasteiger partial charge on any atom is 0.411 e. The van der Waals surface area contributed by atoms with Crippen molar-refractivity contribution in [3.63, 3.8) is 0 Å². The normalized spacial score (nSPS) is 14.8. The number of hydrogen-bond acceptors (Lipinski definition) is 3. The Labute approximate surface area is 118 Å². The smallest absolute Gasteiger partial charge is 0.411 e. The van der Waals surface area contributed by atoms with Crippen molar-refractivity contribution in [2.75, 3.05) is 11.9 Å². The summed E-state index contributed by atoms with van der Waals surface area (Å²) in [6.45, 7) is 2.07. The second-order valence-electron chi connectivity index (χ2n) is 4.88. The second-order valence-corrected chi connectivity index (χ2v) is 4.88. The van der Waals surface area contributed by atoms with Crippen molar-refractivity contribution in [3.05, 3.63) is 29.8 Å². The fourth-order valence-electron chi connectivity index (χ4n) is 2.33. The molecule has 2 rings (SSSR count). The van der Waals surface area contributed by atoms with Crippen molar-refractivity contribution < 1.29 is 14.3 Å². The predicted molar refractivity (Wildman–Crippen MR) is 76.8 cm³/mol. The molecule has 0 bridgehead atoms. The topological polar surface area (TPSA) is 67.4 Å². The summed E-state index contributed by atoms with van der Waals surface area (Å²) in [5.41, 5.74) is 1.21. The molecule has 5 heteroatoms. The number of ether oxygens (including phenoxy) is 1. The van der Waals surface area contributed by atoms with Gasteiger partial charge in [-0.1, -0.05) is 12.8 Å². The van der Waals surface area contributed by atoms with Gasteiger partial charge in [0.1, 0.15) is 0 Å². The highest BCUT2D eigenvalue weighted by Gasteiger charge is 2.17. The van der Waals surface area contributed by atoms with E-state index in [1.165, 1.54) is 12.8 Å². The third-order valence-electron chi connectivity index (χ3n) is 3.36. The SMILES string of the molecule is CCOC(=O)Nc1ccc(C(=O)NC2CCCC2)cc1. The van der Waals surface area contributed by atoms with Crippen LogP contribution < -0.4 is 10.6 Å². The molecule has 0 radical (unpaired) electrons. The molecule has 0 atom stereocenters. The van der Waals surface area contributed by atoms with Crippen LogP contribution in [0.15, 0.2) is 24.3 Å². The molecule has 1 saturated carbocycles. The zero-order valence-corrected chi connectivity index (χ0v) is 11.6. The summed E-state index contributed by atoms with van der Waals surface area (Å²) >= 11 is 0. The summed E-state index contributed by atoms with van der Waals surface area (Å²) < 4.78 is 4.78. The first-order valence-electron chi connectivity index (χ1n) is 7.03. The van der Waals surface area contributed by atoms with E-state index in [1.54, 1.807) is 31.2 Å². The molecule has 0 aromatic heterocycles. The van der Waals surface area contributed by atoms with Crippen LogP contribution in [0.2, 0.25) is 0 Å². The van der Waals surface area contributed by atoms with E-state index in [4.69, 9.17) is 4.74 Å². The number of hydrogen-bond donors (Lipinski definition) is 2. The van der Waals surface area contributed by atoms with Crippen LogP contribution in [0, 0.1) is 0 Å². The van der Waals surface area contributed by atoms with Gasteiger partial charge in [-0.2, -0.15) is 0 Å². The lowest BCUT2D eigenvalue weighted by Crippen LogP contribution is -2.32. The van der Waals surface area contributed by atoms with Crippen molar-refractivity contribution in [1.29, 1.82) is 0 Å². The van der Waals surface area contributed by atoms with Gasteiger partial charge in [-0.3, -0.25) is 10.1 Å². The van der Waals surface area contributed by atoms with E-state index in [0.29, 0.717) is 23.9 Å². The van der Waals surface area contributed by atoms with E-state index >= 15 is 0 Å². The van der Waals surface area contributed by atoms with Gasteiger partial charge in [-0.05, 0) is 44.0 Å². The fourth-order valence-corrected chi connectivity index (χ4v) is 2.33. The molecule has 2 amide bonds. The number of carbonyl (C=O) groups excluding carboxylic acids is 2. The van der Waals surface area contributed by atoms with Crippen molar-refractivity contribution in [3.8, 4) is 0 Å². The van der Waals surface area contributed by atoms with Crippen LogP contribution in [0.4, 0.5) is 10.5 Å². The van der Waals surface area contributed by atoms with E-state index in [9.17, 15) is 9.59 Å². The van der Waals surface area contributed by atoms with Gasteiger partial charge in [0.15, 0.2) is 0 Å². The summed E-state index contributed by atoms with van der Waals surface area (Å²) in [7, 11) is 0. The van der Waals surface area contributed by atoms with Crippen LogP contribution in [0.5, 0.6) is 0 Å². The zero-order chi connectivity index (χ0) is 14.4. The second kappa shape index (κ2) is 6.93. The number of carbonyl (C=O) groups is 2. The molecule has 1 aromatic rings. The first-order chi connectivity index (χ1) is 9.69. The van der Waals surface area contributed by atoms with Crippen LogP contribution in [0.25, 0.3) is 0 Å². The molecular formula is C15H20N2O3. The van der Waals surface area contributed by atoms with Gasteiger partial charge in [-0.25, -0.2) is 4.79 Å². The van der Waals surface area contributed by atoms with Crippen molar-refractivity contribution in [2.24, 2.45) is 0 Å². The van der Waals surface area contributed by atoms with Gasteiger partial charge in [-0.15, -0.1) is 0 Å². The average Bonchev–Trinajstić information content (AvgIpc) is 2.92. The van der Waals surface area contributed by atoms with Crippen molar-refractivity contribution in [1.82, 2.24) is 5.32 Å². The summed E-state index contributed by atoms with van der Waals surface area (Å²) in [5, 5.41) is 5.61. The van der Waals surface area contributed by atoms with Crippen LogP contribution in [0.3, 0.4) is 0 Å². The Morgan fingerprint density at radius 1 is 1.20 bits per heavy atom. The van der Waals surface area contributed by atoms with E-state index in [0.717, 1.165) is 12.8 Å². The lowest BCUT2D eigenvalue weighted by Gasteiger charge is -2.12. The first kappa shape index (κ1) is 14.4. The Balaban J connectivity index is 1.89. The average molecular weight is 276 g/mol. The van der Waals surface area contributed by atoms with Gasteiger partial charge >= 0.3 is 6.09 Å². The first-order valence-corrected chi connectivity index (χ1v) is 7.03. The van der Waals surface area contributed by atoms with Gasteiger partial charge in [0.25, 0.3) is 5.91 Å². The lowest BCUT2D eigenvalue weighted by atomic mass is 10.1. The minimum absolute atomic E-state index is 0.0559. The van der Waals surface area contributed by atoms with Crippen LogP contribution >= 0.6 is 0 Å². The summed E-state index contributed by atoms with van der Waals surface area (Å²) in [6, 6.07) is 7.10. The Morgan fingerprint density at radius 3 is 2.45 bits per heavy atom. The molecule has 1 aliphatic rings. The van der Waals surface area contributed by atoms with Crippen molar-refractivity contribution >= 4 is 17.7 Å². The molecule has 2 N–H and O–H groups in total. The molecule has 0 unspecified atom stereocenters. The molecule has 1 aromatic carbocycles. The summed E-state index contributed by atoms with van der Waals surface area (Å²) in [6.07, 6.45) is 4.01.